The Morgan fingerprint density at radius 3 is 2.27 bits per heavy atom. The molecule has 1 amide bonds. The number of hydroxylamine groups is 2. The monoisotopic (exact) mass is 408 g/mol. The van der Waals surface area contributed by atoms with E-state index in [2.05, 4.69) is 0 Å². The highest BCUT2D eigenvalue weighted by Gasteiger charge is 2.39. The van der Waals surface area contributed by atoms with Crippen LogP contribution in [0.5, 0.6) is 0 Å². The molecule has 1 aliphatic rings. The van der Waals surface area contributed by atoms with E-state index >= 15 is 0 Å². The smallest absolute Gasteiger partial charge is 0.261 e. The van der Waals surface area contributed by atoms with Gasteiger partial charge in [0.1, 0.15) is 23.4 Å². The summed E-state index contributed by atoms with van der Waals surface area (Å²) in [6.07, 6.45) is -0.583. The average molecular weight is 408 g/mol. The largest absolute Gasteiger partial charge is 0.315 e. The first-order valence-electron chi connectivity index (χ1n) is 9.79. The molecule has 3 aromatic carbocycles. The number of halogens is 2. The molecule has 0 radical (unpaired) electrons. The summed E-state index contributed by atoms with van der Waals surface area (Å²) in [5.41, 5.74) is 2.34. The van der Waals surface area contributed by atoms with E-state index in [1.807, 2.05) is 61.5 Å². The maximum absolute atomic E-state index is 14.3. The van der Waals surface area contributed by atoms with Gasteiger partial charge < -0.3 is 4.90 Å². The van der Waals surface area contributed by atoms with Crippen LogP contribution in [-0.4, -0.2) is 29.0 Å². The second-order valence-corrected chi connectivity index (χ2v) is 7.28. The van der Waals surface area contributed by atoms with Crippen molar-refractivity contribution in [1.29, 1.82) is 0 Å². The minimum Gasteiger partial charge on any atom is -0.315 e. The van der Waals surface area contributed by atoms with Crippen LogP contribution in [0.15, 0.2) is 72.8 Å². The number of benzene rings is 3. The lowest BCUT2D eigenvalue weighted by molar-refractivity contribution is -0.192. The number of nitrogens with zero attached hydrogens (tertiary/aromatic N) is 2. The minimum absolute atomic E-state index is 0.292. The molecule has 0 N–H and O–H groups in total. The normalized spacial score (nSPS) is 16.8. The van der Waals surface area contributed by atoms with E-state index in [-0.39, 0.29) is 0 Å². The van der Waals surface area contributed by atoms with Crippen LogP contribution < -0.4 is 0 Å². The summed E-state index contributed by atoms with van der Waals surface area (Å²) < 4.78 is 28.5. The van der Waals surface area contributed by atoms with Gasteiger partial charge in [-0.05, 0) is 30.2 Å². The number of carbonyl (C=O) groups is 1. The first kappa shape index (κ1) is 20.2. The lowest BCUT2D eigenvalue weighted by atomic mass is 10.1. The molecule has 1 unspecified atom stereocenters. The molecule has 4 rings (SSSR count). The van der Waals surface area contributed by atoms with Crippen molar-refractivity contribution >= 4 is 5.91 Å². The Balaban J connectivity index is 1.64. The van der Waals surface area contributed by atoms with Gasteiger partial charge in [0.15, 0.2) is 0 Å². The number of rotatable bonds is 5. The molecule has 4 nitrogen and oxygen atoms in total. The van der Waals surface area contributed by atoms with E-state index in [0.29, 0.717) is 19.7 Å². The van der Waals surface area contributed by atoms with Crippen LogP contribution in [0.4, 0.5) is 8.78 Å². The van der Waals surface area contributed by atoms with Crippen molar-refractivity contribution in [3.8, 4) is 0 Å². The van der Waals surface area contributed by atoms with Crippen molar-refractivity contribution in [3.63, 3.8) is 0 Å². The van der Waals surface area contributed by atoms with Crippen LogP contribution in [0.25, 0.3) is 0 Å². The topological polar surface area (TPSA) is 32.8 Å². The van der Waals surface area contributed by atoms with Crippen molar-refractivity contribution in [2.75, 3.05) is 13.1 Å². The third kappa shape index (κ3) is 4.10. The second-order valence-electron chi connectivity index (χ2n) is 7.28. The van der Waals surface area contributed by atoms with E-state index < -0.39 is 29.3 Å². The molecule has 1 atom stereocenters. The van der Waals surface area contributed by atoms with Gasteiger partial charge in [-0.2, -0.15) is 5.06 Å². The summed E-state index contributed by atoms with van der Waals surface area (Å²) >= 11 is 0. The predicted octanol–water partition coefficient (Wildman–Crippen LogP) is 4.86. The highest BCUT2D eigenvalue weighted by atomic mass is 19.1. The lowest BCUT2D eigenvalue weighted by Crippen LogP contribution is -2.36. The molecule has 1 saturated heterocycles. The van der Waals surface area contributed by atoms with Gasteiger partial charge in [-0.3, -0.25) is 9.63 Å². The van der Waals surface area contributed by atoms with Crippen LogP contribution in [0.1, 0.15) is 33.2 Å². The zero-order chi connectivity index (χ0) is 21.1. The molecule has 3 aromatic rings. The predicted molar refractivity (Wildman–Crippen MR) is 109 cm³/mol. The quantitative estimate of drug-likeness (QED) is 0.604. The molecule has 0 aliphatic carbocycles. The molecule has 1 fully saturated rings. The zero-order valence-electron chi connectivity index (χ0n) is 16.6. The summed E-state index contributed by atoms with van der Waals surface area (Å²) in [7, 11) is 0. The fourth-order valence-electron chi connectivity index (χ4n) is 3.62. The summed E-state index contributed by atoms with van der Waals surface area (Å²) in [5.74, 6) is -2.43. The van der Waals surface area contributed by atoms with Gasteiger partial charge in [-0.1, -0.05) is 66.2 Å². The molecule has 1 aliphatic heterocycles. The van der Waals surface area contributed by atoms with Crippen molar-refractivity contribution < 1.29 is 18.4 Å². The van der Waals surface area contributed by atoms with Crippen molar-refractivity contribution in [2.24, 2.45) is 0 Å². The highest BCUT2D eigenvalue weighted by molar-refractivity contribution is 5.95. The van der Waals surface area contributed by atoms with Crippen molar-refractivity contribution in [1.82, 2.24) is 9.96 Å². The third-order valence-electron chi connectivity index (χ3n) is 5.18. The van der Waals surface area contributed by atoms with Crippen LogP contribution in [0, 0.1) is 18.6 Å². The minimum atomic E-state index is -0.869. The molecule has 154 valence electrons. The molecular formula is C24H22F2N2O2. The zero-order valence-corrected chi connectivity index (χ0v) is 16.6. The molecule has 1 heterocycles. The summed E-state index contributed by atoms with van der Waals surface area (Å²) in [5, 5.41) is 1.70. The molecule has 0 bridgehead atoms. The second kappa shape index (κ2) is 8.73. The van der Waals surface area contributed by atoms with Crippen LogP contribution >= 0.6 is 0 Å². The van der Waals surface area contributed by atoms with E-state index in [0.717, 1.165) is 28.8 Å². The number of amides is 1. The van der Waals surface area contributed by atoms with Gasteiger partial charge >= 0.3 is 0 Å². The van der Waals surface area contributed by atoms with Gasteiger partial charge in [0, 0.05) is 13.1 Å². The maximum Gasteiger partial charge on any atom is 0.261 e. The van der Waals surface area contributed by atoms with Crippen LogP contribution in [0.2, 0.25) is 0 Å². The van der Waals surface area contributed by atoms with Gasteiger partial charge in [0.05, 0.1) is 6.61 Å². The van der Waals surface area contributed by atoms with E-state index in [1.54, 1.807) is 5.06 Å². The van der Waals surface area contributed by atoms with Crippen molar-refractivity contribution in [3.05, 3.63) is 107 Å². The standard InChI is InChI=1S/C24H22F2N2O2/c1-17-10-12-19(13-11-17)23-27(24(29)22-20(25)8-5-9-21(22)26)14-15-28(23)30-16-18-6-3-2-4-7-18/h2-13,23H,14-16H2,1H3. The SMILES string of the molecule is Cc1ccc(C2N(OCc3ccccc3)CCN2C(=O)c2c(F)cccc2F)cc1. The Bertz CT molecular complexity index is 1000. The molecule has 0 aromatic heterocycles. The molecule has 30 heavy (non-hydrogen) atoms. The first-order valence-corrected chi connectivity index (χ1v) is 9.79. The Labute approximate surface area is 174 Å². The maximum atomic E-state index is 14.3. The van der Waals surface area contributed by atoms with Crippen molar-refractivity contribution in [2.45, 2.75) is 19.7 Å². The summed E-state index contributed by atoms with van der Waals surface area (Å²) in [6, 6.07) is 20.8. The average Bonchev–Trinajstić information content (AvgIpc) is 3.17. The van der Waals surface area contributed by atoms with Gasteiger partial charge in [0.2, 0.25) is 0 Å². The number of hydrogen-bond donors (Lipinski definition) is 0. The van der Waals surface area contributed by atoms with Gasteiger partial charge in [-0.15, -0.1) is 0 Å². The molecular weight excluding hydrogens is 386 g/mol. The van der Waals surface area contributed by atoms with E-state index in [1.165, 1.54) is 11.0 Å². The fourth-order valence-corrected chi connectivity index (χ4v) is 3.62. The Morgan fingerprint density at radius 2 is 1.60 bits per heavy atom. The Kier molecular flexibility index (Phi) is 5.88. The lowest BCUT2D eigenvalue weighted by Gasteiger charge is -2.30. The summed E-state index contributed by atoms with van der Waals surface area (Å²) in [4.78, 5) is 20.6. The van der Waals surface area contributed by atoms with Gasteiger partial charge in [-0.25, -0.2) is 8.78 Å². The summed E-state index contributed by atoms with van der Waals surface area (Å²) in [6.45, 7) is 3.02. The molecule has 0 saturated carbocycles. The first-order chi connectivity index (χ1) is 14.5. The van der Waals surface area contributed by atoms with Gasteiger partial charge in [0.25, 0.3) is 5.91 Å². The highest BCUT2D eigenvalue weighted by Crippen LogP contribution is 2.33. The van der Waals surface area contributed by atoms with E-state index in [4.69, 9.17) is 4.84 Å². The Morgan fingerprint density at radius 1 is 0.933 bits per heavy atom. The number of carbonyl (C=O) groups excluding carboxylic acids is 1. The molecule has 0 spiro atoms. The number of hydrogen-bond acceptors (Lipinski definition) is 3. The number of aryl methyl sites for hydroxylation is 1. The Hall–Kier alpha value is -3.09. The third-order valence-corrected chi connectivity index (χ3v) is 5.18. The van der Waals surface area contributed by atoms with Crippen LogP contribution in [0.3, 0.4) is 0 Å². The fraction of sp³-hybridized carbons (Fsp3) is 0.208. The van der Waals surface area contributed by atoms with Crippen LogP contribution in [-0.2, 0) is 11.4 Å². The van der Waals surface area contributed by atoms with E-state index in [9.17, 15) is 13.6 Å². The molecule has 6 heteroatoms.